The van der Waals surface area contributed by atoms with Crippen LogP contribution < -0.4 is 9.47 Å². The van der Waals surface area contributed by atoms with E-state index in [4.69, 9.17) is 0 Å². The Bertz CT molecular complexity index is 525. The standard InChI is InChI=1S/C15H18N3/c1-17(2)15-7-6-14(12-16-15)5-4-13-8-10-18(3)11-9-13/h4-12H,1-3H3/q+1. The molecule has 0 spiro atoms. The average Bonchev–Trinajstić information content (AvgIpc) is 2.38. The summed E-state index contributed by atoms with van der Waals surface area (Å²) in [6, 6.07) is 8.25. The van der Waals surface area contributed by atoms with E-state index >= 15 is 0 Å². The number of aromatic nitrogens is 2. The lowest BCUT2D eigenvalue weighted by Crippen LogP contribution is -2.25. The summed E-state index contributed by atoms with van der Waals surface area (Å²) in [5, 5.41) is 0. The van der Waals surface area contributed by atoms with Crippen LogP contribution in [0.3, 0.4) is 0 Å². The van der Waals surface area contributed by atoms with Crippen molar-refractivity contribution in [1.29, 1.82) is 0 Å². The smallest absolute Gasteiger partial charge is 0.169 e. The molecule has 0 aromatic carbocycles. The Kier molecular flexibility index (Phi) is 3.72. The van der Waals surface area contributed by atoms with Crippen LogP contribution in [0.4, 0.5) is 5.82 Å². The normalized spacial score (nSPS) is 10.8. The Balaban J connectivity index is 2.11. The number of rotatable bonds is 3. The van der Waals surface area contributed by atoms with E-state index < -0.39 is 0 Å². The van der Waals surface area contributed by atoms with E-state index in [1.807, 2.05) is 55.3 Å². The molecular formula is C15H18N3+. The number of pyridine rings is 2. The van der Waals surface area contributed by atoms with Crippen molar-refractivity contribution in [2.24, 2.45) is 7.05 Å². The Morgan fingerprint density at radius 2 is 1.67 bits per heavy atom. The van der Waals surface area contributed by atoms with Crippen molar-refractivity contribution in [1.82, 2.24) is 4.98 Å². The van der Waals surface area contributed by atoms with E-state index in [-0.39, 0.29) is 0 Å². The maximum Gasteiger partial charge on any atom is 0.169 e. The Labute approximate surface area is 108 Å². The summed E-state index contributed by atoms with van der Waals surface area (Å²) in [7, 11) is 5.99. The maximum absolute atomic E-state index is 4.38. The molecule has 3 heteroatoms. The minimum Gasteiger partial charge on any atom is -0.363 e. The van der Waals surface area contributed by atoms with Gasteiger partial charge in [0.05, 0.1) is 0 Å². The first-order chi connectivity index (χ1) is 8.65. The van der Waals surface area contributed by atoms with Crippen LogP contribution in [0.25, 0.3) is 12.2 Å². The molecule has 2 heterocycles. The van der Waals surface area contributed by atoms with Crippen molar-refractivity contribution in [2.75, 3.05) is 19.0 Å². The zero-order valence-corrected chi connectivity index (χ0v) is 11.0. The van der Waals surface area contributed by atoms with E-state index in [1.54, 1.807) is 0 Å². The summed E-state index contributed by atoms with van der Waals surface area (Å²) in [5.41, 5.74) is 2.29. The van der Waals surface area contributed by atoms with Crippen LogP contribution in [0.1, 0.15) is 11.1 Å². The summed E-state index contributed by atoms with van der Waals surface area (Å²) >= 11 is 0. The third kappa shape index (κ3) is 3.17. The second-order valence-corrected chi connectivity index (χ2v) is 4.47. The summed E-state index contributed by atoms with van der Waals surface area (Å²) in [4.78, 5) is 6.37. The maximum atomic E-state index is 4.38. The molecule has 0 saturated carbocycles. The zero-order valence-electron chi connectivity index (χ0n) is 11.0. The highest BCUT2D eigenvalue weighted by Gasteiger charge is 1.95. The Morgan fingerprint density at radius 3 is 2.22 bits per heavy atom. The van der Waals surface area contributed by atoms with Crippen LogP contribution in [0.5, 0.6) is 0 Å². The largest absolute Gasteiger partial charge is 0.363 e. The first kappa shape index (κ1) is 12.3. The van der Waals surface area contributed by atoms with E-state index in [0.29, 0.717) is 0 Å². The molecular weight excluding hydrogens is 222 g/mol. The molecule has 2 rings (SSSR count). The van der Waals surface area contributed by atoms with Crippen molar-refractivity contribution in [2.45, 2.75) is 0 Å². The highest BCUT2D eigenvalue weighted by molar-refractivity contribution is 5.69. The van der Waals surface area contributed by atoms with Gasteiger partial charge in [-0.25, -0.2) is 9.55 Å². The van der Waals surface area contributed by atoms with Gasteiger partial charge in [-0.1, -0.05) is 12.2 Å². The summed E-state index contributed by atoms with van der Waals surface area (Å²) in [5.74, 6) is 0.971. The molecule has 0 amide bonds. The van der Waals surface area contributed by atoms with E-state index in [0.717, 1.165) is 11.4 Å². The van der Waals surface area contributed by atoms with Gasteiger partial charge in [-0.15, -0.1) is 0 Å². The number of anilines is 1. The van der Waals surface area contributed by atoms with Crippen LogP contribution in [0, 0.1) is 0 Å². The van der Waals surface area contributed by atoms with Gasteiger partial charge in [-0.3, -0.25) is 0 Å². The van der Waals surface area contributed by atoms with E-state index in [1.165, 1.54) is 5.56 Å². The first-order valence-corrected chi connectivity index (χ1v) is 5.92. The van der Waals surface area contributed by atoms with Gasteiger partial charge in [-0.2, -0.15) is 0 Å². The third-order valence-electron chi connectivity index (χ3n) is 2.70. The molecule has 0 radical (unpaired) electrons. The van der Waals surface area contributed by atoms with Crippen molar-refractivity contribution in [3.05, 3.63) is 54.0 Å². The molecule has 0 N–H and O–H groups in total. The van der Waals surface area contributed by atoms with Crippen molar-refractivity contribution in [3.8, 4) is 0 Å². The van der Waals surface area contributed by atoms with Gasteiger partial charge in [0.2, 0.25) is 0 Å². The van der Waals surface area contributed by atoms with Crippen molar-refractivity contribution >= 4 is 18.0 Å². The monoisotopic (exact) mass is 240 g/mol. The number of hydrogen-bond donors (Lipinski definition) is 0. The van der Waals surface area contributed by atoms with Crippen molar-refractivity contribution < 1.29 is 4.57 Å². The molecule has 2 aromatic rings. The minimum absolute atomic E-state index is 0.971. The molecule has 0 unspecified atom stereocenters. The summed E-state index contributed by atoms with van der Waals surface area (Å²) in [6.45, 7) is 0. The van der Waals surface area contributed by atoms with Crippen LogP contribution in [0.2, 0.25) is 0 Å². The predicted molar refractivity (Wildman–Crippen MR) is 75.1 cm³/mol. The lowest BCUT2D eigenvalue weighted by molar-refractivity contribution is -0.671. The molecule has 92 valence electrons. The van der Waals surface area contributed by atoms with Crippen LogP contribution in [-0.2, 0) is 7.05 Å². The molecule has 0 atom stereocenters. The molecule has 0 aliphatic heterocycles. The molecule has 2 aromatic heterocycles. The SMILES string of the molecule is CN(C)c1ccc(/C=C/c2cc[n+](C)cc2)cn1. The molecule has 0 bridgehead atoms. The molecule has 3 nitrogen and oxygen atoms in total. The molecule has 0 saturated heterocycles. The van der Waals surface area contributed by atoms with E-state index in [2.05, 4.69) is 35.3 Å². The summed E-state index contributed by atoms with van der Waals surface area (Å²) in [6.07, 6.45) is 10.1. The summed E-state index contributed by atoms with van der Waals surface area (Å²) < 4.78 is 2.02. The number of nitrogens with zero attached hydrogens (tertiary/aromatic N) is 3. The van der Waals surface area contributed by atoms with Gasteiger partial charge in [0.1, 0.15) is 12.9 Å². The van der Waals surface area contributed by atoms with Gasteiger partial charge < -0.3 is 4.90 Å². The van der Waals surface area contributed by atoms with E-state index in [9.17, 15) is 0 Å². The quantitative estimate of drug-likeness (QED) is 0.766. The van der Waals surface area contributed by atoms with Crippen LogP contribution >= 0.6 is 0 Å². The molecule has 18 heavy (non-hydrogen) atoms. The van der Waals surface area contributed by atoms with Gasteiger partial charge in [0.15, 0.2) is 12.4 Å². The average molecular weight is 240 g/mol. The van der Waals surface area contributed by atoms with Crippen LogP contribution in [-0.4, -0.2) is 19.1 Å². The Morgan fingerprint density at radius 1 is 1.00 bits per heavy atom. The van der Waals surface area contributed by atoms with Crippen LogP contribution in [0.15, 0.2) is 42.9 Å². The topological polar surface area (TPSA) is 20.0 Å². The van der Waals surface area contributed by atoms with Crippen molar-refractivity contribution in [3.63, 3.8) is 0 Å². The van der Waals surface area contributed by atoms with Gasteiger partial charge in [0, 0.05) is 32.4 Å². The zero-order chi connectivity index (χ0) is 13.0. The molecule has 0 aliphatic carbocycles. The van der Waals surface area contributed by atoms with Gasteiger partial charge >= 0.3 is 0 Å². The fourth-order valence-electron chi connectivity index (χ4n) is 1.58. The lowest BCUT2D eigenvalue weighted by atomic mass is 10.2. The number of hydrogen-bond acceptors (Lipinski definition) is 2. The highest BCUT2D eigenvalue weighted by atomic mass is 15.1. The fraction of sp³-hybridized carbons (Fsp3) is 0.200. The first-order valence-electron chi connectivity index (χ1n) is 5.92. The second kappa shape index (κ2) is 5.45. The predicted octanol–water partition coefficient (Wildman–Crippen LogP) is 2.14. The molecule has 0 aliphatic rings. The third-order valence-corrected chi connectivity index (χ3v) is 2.70. The number of aryl methyl sites for hydroxylation is 1. The Hall–Kier alpha value is -2.16. The fourth-order valence-corrected chi connectivity index (χ4v) is 1.58. The second-order valence-electron chi connectivity index (χ2n) is 4.47. The molecule has 0 fully saturated rings. The van der Waals surface area contributed by atoms with Gasteiger partial charge in [0.25, 0.3) is 0 Å². The minimum atomic E-state index is 0.971. The van der Waals surface area contributed by atoms with Gasteiger partial charge in [-0.05, 0) is 23.3 Å². The lowest BCUT2D eigenvalue weighted by Gasteiger charge is -2.10. The highest BCUT2D eigenvalue weighted by Crippen LogP contribution is 2.10.